The molecule has 1 saturated heterocycles. The minimum atomic E-state index is -0.731. The second-order valence-corrected chi connectivity index (χ2v) is 7.25. The molecular formula is C20H23ClFN3O2. The maximum Gasteiger partial charge on any atom is 0.248 e. The van der Waals surface area contributed by atoms with Gasteiger partial charge in [-0.05, 0) is 42.3 Å². The van der Waals surface area contributed by atoms with Gasteiger partial charge in [-0.3, -0.25) is 9.69 Å². The number of hydrogen-bond donors (Lipinski definition) is 2. The molecule has 1 amide bonds. The van der Waals surface area contributed by atoms with Crippen LogP contribution in [-0.2, 0) is 0 Å². The number of aliphatic hydroxyl groups excluding tert-OH is 1. The fourth-order valence-corrected chi connectivity index (χ4v) is 3.55. The molecule has 5 nitrogen and oxygen atoms in total. The topological polar surface area (TPSA) is 69.8 Å². The average Bonchev–Trinajstić information content (AvgIpc) is 2.64. The molecule has 1 aliphatic heterocycles. The molecule has 0 saturated carbocycles. The lowest BCUT2D eigenvalue weighted by Crippen LogP contribution is -2.47. The fourth-order valence-electron chi connectivity index (χ4n) is 3.25. The third-order valence-corrected chi connectivity index (χ3v) is 5.26. The van der Waals surface area contributed by atoms with Crippen LogP contribution >= 0.6 is 11.6 Å². The monoisotopic (exact) mass is 391 g/mol. The number of primary amides is 1. The van der Waals surface area contributed by atoms with Crippen LogP contribution in [0.1, 0.15) is 27.6 Å². The first-order chi connectivity index (χ1) is 12.8. The summed E-state index contributed by atoms with van der Waals surface area (Å²) in [5.74, 6) is -0.805. The lowest BCUT2D eigenvalue weighted by Gasteiger charge is -2.37. The number of amides is 1. The Morgan fingerprint density at radius 1 is 1.22 bits per heavy atom. The van der Waals surface area contributed by atoms with Gasteiger partial charge in [0, 0.05) is 38.3 Å². The van der Waals surface area contributed by atoms with Gasteiger partial charge in [0.25, 0.3) is 0 Å². The SMILES string of the molecule is Cc1ccc(C(O)CN2CCN(c3ccc(C(N)=O)cc3Cl)CC2)cc1F. The van der Waals surface area contributed by atoms with Crippen molar-refractivity contribution < 1.29 is 14.3 Å². The number of nitrogens with two attached hydrogens (primary N) is 1. The third kappa shape index (κ3) is 4.58. The maximum atomic E-state index is 13.7. The van der Waals surface area contributed by atoms with Crippen LogP contribution in [0, 0.1) is 12.7 Å². The molecule has 27 heavy (non-hydrogen) atoms. The van der Waals surface area contributed by atoms with E-state index in [-0.39, 0.29) is 5.82 Å². The summed E-state index contributed by atoms with van der Waals surface area (Å²) in [6.45, 7) is 5.13. The highest BCUT2D eigenvalue weighted by Gasteiger charge is 2.22. The molecule has 144 valence electrons. The zero-order valence-corrected chi connectivity index (χ0v) is 15.9. The Balaban J connectivity index is 1.58. The van der Waals surface area contributed by atoms with Crippen LogP contribution in [-0.4, -0.2) is 48.6 Å². The molecule has 0 spiro atoms. The van der Waals surface area contributed by atoms with Crippen molar-refractivity contribution in [2.24, 2.45) is 5.73 Å². The van der Waals surface area contributed by atoms with Crippen molar-refractivity contribution >= 4 is 23.2 Å². The average molecular weight is 392 g/mol. The first-order valence-electron chi connectivity index (χ1n) is 8.86. The van der Waals surface area contributed by atoms with E-state index in [2.05, 4.69) is 9.80 Å². The van der Waals surface area contributed by atoms with E-state index < -0.39 is 12.0 Å². The van der Waals surface area contributed by atoms with Crippen molar-refractivity contribution in [2.75, 3.05) is 37.6 Å². The van der Waals surface area contributed by atoms with Crippen molar-refractivity contribution in [2.45, 2.75) is 13.0 Å². The fraction of sp³-hybridized carbons (Fsp3) is 0.350. The van der Waals surface area contributed by atoms with Gasteiger partial charge in [-0.15, -0.1) is 0 Å². The summed E-state index contributed by atoms with van der Waals surface area (Å²) in [7, 11) is 0. The molecule has 1 heterocycles. The Morgan fingerprint density at radius 2 is 1.93 bits per heavy atom. The summed E-state index contributed by atoms with van der Waals surface area (Å²) < 4.78 is 13.7. The van der Waals surface area contributed by atoms with Crippen molar-refractivity contribution in [3.05, 3.63) is 63.9 Å². The molecule has 2 aromatic carbocycles. The number of anilines is 1. The number of aryl methyl sites for hydroxylation is 1. The lowest BCUT2D eigenvalue weighted by atomic mass is 10.1. The van der Waals surface area contributed by atoms with E-state index in [4.69, 9.17) is 17.3 Å². The van der Waals surface area contributed by atoms with Gasteiger partial charge in [0.1, 0.15) is 5.82 Å². The van der Waals surface area contributed by atoms with Gasteiger partial charge >= 0.3 is 0 Å². The van der Waals surface area contributed by atoms with Crippen LogP contribution in [0.15, 0.2) is 36.4 Å². The van der Waals surface area contributed by atoms with Crippen molar-refractivity contribution in [3.8, 4) is 0 Å². The molecule has 0 radical (unpaired) electrons. The van der Waals surface area contributed by atoms with E-state index in [1.807, 2.05) is 6.07 Å². The molecule has 1 unspecified atom stereocenters. The van der Waals surface area contributed by atoms with E-state index in [1.165, 1.54) is 6.07 Å². The molecule has 2 aromatic rings. The normalized spacial score (nSPS) is 16.4. The Kier molecular flexibility index (Phi) is 5.99. The van der Waals surface area contributed by atoms with Gasteiger partial charge in [0.15, 0.2) is 0 Å². The van der Waals surface area contributed by atoms with E-state index in [0.29, 0.717) is 28.3 Å². The van der Waals surface area contributed by atoms with Gasteiger partial charge in [-0.25, -0.2) is 4.39 Å². The van der Waals surface area contributed by atoms with Crippen LogP contribution < -0.4 is 10.6 Å². The highest BCUT2D eigenvalue weighted by atomic mass is 35.5. The summed E-state index contributed by atoms with van der Waals surface area (Å²) in [5.41, 5.74) is 7.68. The second kappa shape index (κ2) is 8.25. The van der Waals surface area contributed by atoms with Crippen LogP contribution in [0.2, 0.25) is 5.02 Å². The number of nitrogens with zero attached hydrogens (tertiary/aromatic N) is 2. The smallest absolute Gasteiger partial charge is 0.248 e. The summed E-state index contributed by atoms with van der Waals surface area (Å²) in [6.07, 6.45) is -0.731. The predicted molar refractivity (Wildman–Crippen MR) is 105 cm³/mol. The summed E-state index contributed by atoms with van der Waals surface area (Å²) in [5, 5.41) is 10.9. The zero-order chi connectivity index (χ0) is 19.6. The van der Waals surface area contributed by atoms with Crippen LogP contribution in [0.5, 0.6) is 0 Å². The van der Waals surface area contributed by atoms with Crippen molar-refractivity contribution in [3.63, 3.8) is 0 Å². The first kappa shape index (κ1) is 19.6. The summed E-state index contributed by atoms with van der Waals surface area (Å²) >= 11 is 6.30. The number of rotatable bonds is 5. The molecular weight excluding hydrogens is 369 g/mol. The standard InChI is InChI=1S/C20H23ClFN3O2/c1-13-2-3-14(11-17(13)22)19(26)12-24-6-8-25(9-7-24)18-5-4-15(20(23)27)10-16(18)21/h2-5,10-11,19,26H,6-9,12H2,1H3,(H2,23,27). The Morgan fingerprint density at radius 3 is 2.52 bits per heavy atom. The molecule has 1 aliphatic rings. The van der Waals surface area contributed by atoms with Crippen molar-refractivity contribution in [1.82, 2.24) is 4.90 Å². The van der Waals surface area contributed by atoms with Crippen LogP contribution in [0.3, 0.4) is 0 Å². The van der Waals surface area contributed by atoms with E-state index in [1.54, 1.807) is 31.2 Å². The third-order valence-electron chi connectivity index (χ3n) is 4.96. The number of halogens is 2. The van der Waals surface area contributed by atoms with Gasteiger partial charge in [0.2, 0.25) is 5.91 Å². The van der Waals surface area contributed by atoms with E-state index in [0.717, 1.165) is 31.9 Å². The molecule has 0 aliphatic carbocycles. The predicted octanol–water partition coefficient (Wildman–Crippen LogP) is 2.74. The number of piperazine rings is 1. The molecule has 3 N–H and O–H groups in total. The quantitative estimate of drug-likeness (QED) is 0.822. The Labute approximate surface area is 163 Å². The van der Waals surface area contributed by atoms with Crippen molar-refractivity contribution in [1.29, 1.82) is 0 Å². The van der Waals surface area contributed by atoms with Crippen LogP contribution in [0.25, 0.3) is 0 Å². The zero-order valence-electron chi connectivity index (χ0n) is 15.2. The number of β-amino-alcohol motifs (C(OH)–C–C–N with tert-alkyl or cyclic N) is 1. The molecule has 7 heteroatoms. The highest BCUT2D eigenvalue weighted by molar-refractivity contribution is 6.33. The summed E-state index contributed by atoms with van der Waals surface area (Å²) in [6, 6.07) is 9.91. The summed E-state index contributed by atoms with van der Waals surface area (Å²) in [4.78, 5) is 15.5. The maximum absolute atomic E-state index is 13.7. The van der Waals surface area contributed by atoms with Crippen LogP contribution in [0.4, 0.5) is 10.1 Å². The second-order valence-electron chi connectivity index (χ2n) is 6.84. The number of hydrogen-bond acceptors (Lipinski definition) is 4. The minimum absolute atomic E-state index is 0.301. The van der Waals surface area contributed by atoms with E-state index >= 15 is 0 Å². The minimum Gasteiger partial charge on any atom is -0.387 e. The number of aliphatic hydroxyl groups is 1. The molecule has 3 rings (SSSR count). The molecule has 0 aromatic heterocycles. The largest absolute Gasteiger partial charge is 0.387 e. The van der Waals surface area contributed by atoms with Gasteiger partial charge in [-0.1, -0.05) is 23.7 Å². The Bertz CT molecular complexity index is 838. The molecule has 1 fully saturated rings. The first-order valence-corrected chi connectivity index (χ1v) is 9.23. The highest BCUT2D eigenvalue weighted by Crippen LogP contribution is 2.28. The van der Waals surface area contributed by atoms with Gasteiger partial charge in [-0.2, -0.15) is 0 Å². The number of carbonyl (C=O) groups excluding carboxylic acids is 1. The van der Waals surface area contributed by atoms with Gasteiger partial charge in [0.05, 0.1) is 16.8 Å². The lowest BCUT2D eigenvalue weighted by molar-refractivity contribution is 0.1000. The Hall–Kier alpha value is -2.15. The van der Waals surface area contributed by atoms with Gasteiger partial charge < -0.3 is 15.7 Å². The van der Waals surface area contributed by atoms with E-state index in [9.17, 15) is 14.3 Å². The number of benzene rings is 2. The molecule has 1 atom stereocenters. The number of carbonyl (C=O) groups is 1. The molecule has 0 bridgehead atoms.